The summed E-state index contributed by atoms with van der Waals surface area (Å²) in [4.78, 5) is 3.76. The van der Waals surface area contributed by atoms with Crippen molar-refractivity contribution in [1.29, 1.82) is 0 Å². The van der Waals surface area contributed by atoms with Crippen molar-refractivity contribution < 1.29 is 19.5 Å². The van der Waals surface area contributed by atoms with E-state index in [1.54, 1.807) is 7.11 Å². The highest BCUT2D eigenvalue weighted by atomic mass is 35.5. The van der Waals surface area contributed by atoms with Gasteiger partial charge < -0.3 is 24.4 Å². The molecule has 0 spiro atoms. The molecular weight excluding hydrogens is 364 g/mol. The topological polar surface area (TPSA) is 46.4 Å². The fourth-order valence-corrected chi connectivity index (χ4v) is 3.57. The number of quaternary nitrogens is 1. The van der Waals surface area contributed by atoms with Gasteiger partial charge in [-0.05, 0) is 29.8 Å². The first-order valence-electron chi connectivity index (χ1n) is 9.37. The fourth-order valence-electron chi connectivity index (χ4n) is 3.44. The molecule has 6 heteroatoms. The Morgan fingerprint density at radius 2 is 1.81 bits per heavy atom. The number of aliphatic hydroxyl groups excluding tert-OH is 1. The lowest BCUT2D eigenvalue weighted by atomic mass is 10.2. The Hall–Kier alpha value is -1.79. The number of hydrogen-bond donors (Lipinski definition) is 2. The average molecular weight is 392 g/mol. The summed E-state index contributed by atoms with van der Waals surface area (Å²) in [6.07, 6.45) is -0.454. The number of para-hydroxylation sites is 2. The van der Waals surface area contributed by atoms with Gasteiger partial charge in [0.25, 0.3) is 0 Å². The minimum absolute atomic E-state index is 0.350. The third-order valence-electron chi connectivity index (χ3n) is 4.91. The number of benzene rings is 2. The minimum Gasteiger partial charge on any atom is -0.495 e. The Morgan fingerprint density at radius 1 is 1.11 bits per heavy atom. The first-order valence-corrected chi connectivity index (χ1v) is 9.75. The largest absolute Gasteiger partial charge is 0.495 e. The summed E-state index contributed by atoms with van der Waals surface area (Å²) in [6.45, 7) is 5.44. The zero-order valence-corrected chi connectivity index (χ0v) is 16.5. The van der Waals surface area contributed by atoms with Crippen molar-refractivity contribution in [3.8, 4) is 5.75 Å². The van der Waals surface area contributed by atoms with E-state index in [1.165, 1.54) is 4.90 Å². The predicted molar refractivity (Wildman–Crippen MR) is 108 cm³/mol. The van der Waals surface area contributed by atoms with Crippen LogP contribution in [-0.4, -0.2) is 57.7 Å². The molecule has 1 aliphatic heterocycles. The molecular formula is C21H28ClN2O3+. The monoisotopic (exact) mass is 391 g/mol. The van der Waals surface area contributed by atoms with Crippen LogP contribution < -0.4 is 14.5 Å². The molecule has 1 atom stereocenters. The molecule has 0 amide bonds. The maximum atomic E-state index is 10.3. The molecule has 0 saturated carbocycles. The molecule has 5 nitrogen and oxygen atoms in total. The molecule has 0 bridgehead atoms. The van der Waals surface area contributed by atoms with Gasteiger partial charge in [0.05, 0.1) is 52.2 Å². The summed E-state index contributed by atoms with van der Waals surface area (Å²) in [6, 6.07) is 15.7. The molecule has 1 fully saturated rings. The summed E-state index contributed by atoms with van der Waals surface area (Å²) in [7, 11) is 1.71. The molecule has 2 N–H and O–H groups in total. The number of ether oxygens (including phenoxy) is 2. The molecule has 0 aliphatic carbocycles. The number of piperazine rings is 1. The van der Waals surface area contributed by atoms with Crippen molar-refractivity contribution in [2.75, 3.05) is 51.3 Å². The Kier molecular flexibility index (Phi) is 7.35. The van der Waals surface area contributed by atoms with Gasteiger partial charge in [-0.1, -0.05) is 35.9 Å². The van der Waals surface area contributed by atoms with Crippen LogP contribution in [0, 0.1) is 0 Å². The van der Waals surface area contributed by atoms with E-state index < -0.39 is 6.10 Å². The molecule has 0 unspecified atom stereocenters. The second-order valence-corrected chi connectivity index (χ2v) is 7.34. The van der Waals surface area contributed by atoms with Gasteiger partial charge in [-0.3, -0.25) is 0 Å². The quantitative estimate of drug-likeness (QED) is 0.718. The molecule has 2 aromatic rings. The first kappa shape index (κ1) is 20.0. The summed E-state index contributed by atoms with van der Waals surface area (Å²) >= 11 is 5.88. The third-order valence-corrected chi connectivity index (χ3v) is 5.16. The number of hydrogen-bond acceptors (Lipinski definition) is 4. The number of anilines is 1. The molecule has 27 heavy (non-hydrogen) atoms. The van der Waals surface area contributed by atoms with Crippen LogP contribution in [0.3, 0.4) is 0 Å². The summed E-state index contributed by atoms with van der Waals surface area (Å²) in [5.41, 5.74) is 2.20. The molecule has 0 radical (unpaired) electrons. The third kappa shape index (κ3) is 5.84. The van der Waals surface area contributed by atoms with E-state index in [0.29, 0.717) is 19.8 Å². The second-order valence-electron chi connectivity index (χ2n) is 6.91. The zero-order chi connectivity index (χ0) is 19.1. The fraction of sp³-hybridized carbons (Fsp3) is 0.429. The second kappa shape index (κ2) is 9.95. The molecule has 1 heterocycles. The van der Waals surface area contributed by atoms with Gasteiger partial charge in [0, 0.05) is 5.02 Å². The maximum absolute atomic E-state index is 10.3. The van der Waals surface area contributed by atoms with E-state index in [4.69, 9.17) is 21.1 Å². The van der Waals surface area contributed by atoms with E-state index in [1.807, 2.05) is 42.5 Å². The molecule has 146 valence electrons. The number of nitrogens with one attached hydrogen (secondary N) is 1. The van der Waals surface area contributed by atoms with E-state index >= 15 is 0 Å². The van der Waals surface area contributed by atoms with Gasteiger partial charge in [-0.15, -0.1) is 0 Å². The van der Waals surface area contributed by atoms with Crippen molar-refractivity contribution in [3.05, 3.63) is 59.1 Å². The highest BCUT2D eigenvalue weighted by Gasteiger charge is 2.24. The normalized spacial score (nSPS) is 16.3. The van der Waals surface area contributed by atoms with E-state index in [2.05, 4.69) is 11.0 Å². The van der Waals surface area contributed by atoms with Crippen LogP contribution in [-0.2, 0) is 11.3 Å². The van der Waals surface area contributed by atoms with Crippen molar-refractivity contribution in [2.24, 2.45) is 0 Å². The van der Waals surface area contributed by atoms with Crippen molar-refractivity contribution in [2.45, 2.75) is 12.7 Å². The zero-order valence-electron chi connectivity index (χ0n) is 15.7. The Bertz CT molecular complexity index is 703. The number of halogens is 1. The van der Waals surface area contributed by atoms with Gasteiger partial charge in [0.1, 0.15) is 18.4 Å². The Balaban J connectivity index is 1.39. The van der Waals surface area contributed by atoms with Crippen molar-refractivity contribution >= 4 is 17.3 Å². The van der Waals surface area contributed by atoms with Crippen LogP contribution in [0.1, 0.15) is 5.56 Å². The van der Waals surface area contributed by atoms with Crippen LogP contribution in [0.15, 0.2) is 48.5 Å². The molecule has 2 aromatic carbocycles. The van der Waals surface area contributed by atoms with Gasteiger partial charge in [-0.25, -0.2) is 0 Å². The van der Waals surface area contributed by atoms with Crippen LogP contribution in [0.4, 0.5) is 5.69 Å². The maximum Gasteiger partial charge on any atom is 0.142 e. The standard InChI is InChI=1S/C21H27ClN2O3/c1-26-21-5-3-2-4-20(21)24-12-10-23(11-13-24)14-19(25)16-27-15-17-6-8-18(22)9-7-17/h2-9,19,25H,10-16H2,1H3/p+1/t19-/m1/s1. The Morgan fingerprint density at radius 3 is 2.52 bits per heavy atom. The Labute approximate surface area is 166 Å². The van der Waals surface area contributed by atoms with Gasteiger partial charge in [0.2, 0.25) is 0 Å². The first-order chi connectivity index (χ1) is 13.2. The minimum atomic E-state index is -0.454. The van der Waals surface area contributed by atoms with Gasteiger partial charge in [0.15, 0.2) is 0 Å². The van der Waals surface area contributed by atoms with Crippen molar-refractivity contribution in [3.63, 3.8) is 0 Å². The lowest BCUT2D eigenvalue weighted by Crippen LogP contribution is -3.16. The lowest BCUT2D eigenvalue weighted by molar-refractivity contribution is -0.903. The number of methoxy groups -OCH3 is 1. The molecule has 3 rings (SSSR count). The summed E-state index contributed by atoms with van der Waals surface area (Å²) in [5, 5.41) is 11.0. The van der Waals surface area contributed by atoms with Crippen LogP contribution in [0.5, 0.6) is 5.75 Å². The highest BCUT2D eigenvalue weighted by Crippen LogP contribution is 2.27. The average Bonchev–Trinajstić information content (AvgIpc) is 2.70. The lowest BCUT2D eigenvalue weighted by Gasteiger charge is -2.35. The SMILES string of the molecule is COc1ccccc1N1CC[NH+](C[C@@H](O)COCc2ccc(Cl)cc2)CC1. The predicted octanol–water partition coefficient (Wildman–Crippen LogP) is 1.63. The summed E-state index contributed by atoms with van der Waals surface area (Å²) in [5.74, 6) is 0.914. The van der Waals surface area contributed by atoms with Crippen LogP contribution in [0.2, 0.25) is 5.02 Å². The summed E-state index contributed by atoms with van der Waals surface area (Å²) < 4.78 is 11.1. The van der Waals surface area contributed by atoms with E-state index in [-0.39, 0.29) is 0 Å². The van der Waals surface area contributed by atoms with Crippen LogP contribution in [0.25, 0.3) is 0 Å². The van der Waals surface area contributed by atoms with E-state index in [9.17, 15) is 5.11 Å². The van der Waals surface area contributed by atoms with Gasteiger partial charge in [-0.2, -0.15) is 0 Å². The molecule has 1 saturated heterocycles. The van der Waals surface area contributed by atoms with Crippen molar-refractivity contribution in [1.82, 2.24) is 0 Å². The highest BCUT2D eigenvalue weighted by molar-refractivity contribution is 6.30. The number of aliphatic hydroxyl groups is 1. The van der Waals surface area contributed by atoms with E-state index in [0.717, 1.165) is 48.2 Å². The molecule has 0 aromatic heterocycles. The number of rotatable bonds is 8. The van der Waals surface area contributed by atoms with Gasteiger partial charge >= 0.3 is 0 Å². The number of nitrogens with zero attached hydrogens (tertiary/aromatic N) is 1. The van der Waals surface area contributed by atoms with Crippen LogP contribution >= 0.6 is 11.6 Å². The molecule has 1 aliphatic rings. The smallest absolute Gasteiger partial charge is 0.142 e.